The standard InChI is InChI=1S/C23H23FN4O2S/c1-3-4-9-14-31-23-25-21(30)20-17-11-6-8-13-19(17)27(15(2)29)22(28(20)26-23)16-10-5-7-12-18(16)24/h5-8,10-13,22H,3-4,9,14H2,1-2H3. The lowest BCUT2D eigenvalue weighted by atomic mass is 10.0. The third-order valence-electron chi connectivity index (χ3n) is 5.22. The van der Waals surface area contributed by atoms with Gasteiger partial charge in [-0.25, -0.2) is 14.3 Å². The second-order valence-electron chi connectivity index (χ2n) is 7.35. The van der Waals surface area contributed by atoms with E-state index in [0.29, 0.717) is 16.4 Å². The van der Waals surface area contributed by atoms with Crippen LogP contribution in [0.15, 0.2) is 53.7 Å². The van der Waals surface area contributed by atoms with Crippen LogP contribution in [0.3, 0.4) is 0 Å². The Balaban J connectivity index is 1.92. The molecule has 4 rings (SSSR count). The van der Waals surface area contributed by atoms with Crippen LogP contribution < -0.4 is 14.7 Å². The summed E-state index contributed by atoms with van der Waals surface area (Å²) >= 11 is 1.40. The van der Waals surface area contributed by atoms with Crippen LogP contribution in [0.2, 0.25) is 0 Å². The Bertz CT molecular complexity index is 1120. The minimum Gasteiger partial charge on any atom is -0.854 e. The number of nitrogens with zero attached hydrogens (tertiary/aromatic N) is 4. The second kappa shape index (κ2) is 9.01. The molecule has 0 radical (unpaired) electrons. The van der Waals surface area contributed by atoms with Crippen LogP contribution in [-0.2, 0) is 4.79 Å². The summed E-state index contributed by atoms with van der Waals surface area (Å²) in [7, 11) is 0. The smallest absolute Gasteiger partial charge is 0.295 e. The summed E-state index contributed by atoms with van der Waals surface area (Å²) in [5.41, 5.74) is 1.60. The topological polar surface area (TPSA) is 73.0 Å². The fourth-order valence-electron chi connectivity index (χ4n) is 3.82. The van der Waals surface area contributed by atoms with Gasteiger partial charge in [0, 0.05) is 17.8 Å². The third kappa shape index (κ3) is 3.99. The van der Waals surface area contributed by atoms with Crippen LogP contribution in [0.1, 0.15) is 44.8 Å². The summed E-state index contributed by atoms with van der Waals surface area (Å²) in [5, 5.41) is 18.0. The Morgan fingerprint density at radius 1 is 1.19 bits per heavy atom. The number of para-hydroxylation sites is 1. The average Bonchev–Trinajstić information content (AvgIpc) is 2.76. The lowest BCUT2D eigenvalue weighted by molar-refractivity contribution is -0.764. The molecule has 160 valence electrons. The lowest BCUT2D eigenvalue weighted by Crippen LogP contribution is -2.59. The highest BCUT2D eigenvalue weighted by molar-refractivity contribution is 7.99. The number of carbonyl (C=O) groups excluding carboxylic acids is 1. The molecule has 1 amide bonds. The lowest BCUT2D eigenvalue weighted by Gasteiger charge is -2.32. The van der Waals surface area contributed by atoms with E-state index in [4.69, 9.17) is 0 Å². The first-order valence-electron chi connectivity index (χ1n) is 10.3. The van der Waals surface area contributed by atoms with Gasteiger partial charge < -0.3 is 5.11 Å². The van der Waals surface area contributed by atoms with Gasteiger partial charge in [-0.2, -0.15) is 0 Å². The highest BCUT2D eigenvalue weighted by atomic mass is 32.2. The molecule has 3 aromatic rings. The number of aromatic nitrogens is 3. The van der Waals surface area contributed by atoms with Gasteiger partial charge in [-0.3, -0.25) is 4.79 Å². The monoisotopic (exact) mass is 438 g/mol. The molecule has 0 saturated heterocycles. The maximum absolute atomic E-state index is 14.9. The van der Waals surface area contributed by atoms with Crippen molar-refractivity contribution in [2.45, 2.75) is 44.4 Å². The van der Waals surface area contributed by atoms with Crippen molar-refractivity contribution in [2.24, 2.45) is 0 Å². The molecule has 1 aliphatic rings. The Hall–Kier alpha value is -3.00. The van der Waals surface area contributed by atoms with Crippen LogP contribution in [0, 0.1) is 5.82 Å². The number of carbonyl (C=O) groups is 1. The first-order chi connectivity index (χ1) is 15.0. The Morgan fingerprint density at radius 2 is 1.94 bits per heavy atom. The summed E-state index contributed by atoms with van der Waals surface area (Å²) in [6.45, 7) is 3.55. The van der Waals surface area contributed by atoms with E-state index in [9.17, 15) is 14.3 Å². The first-order valence-corrected chi connectivity index (χ1v) is 11.3. The molecule has 1 atom stereocenters. The summed E-state index contributed by atoms with van der Waals surface area (Å²) in [6, 6.07) is 13.3. The minimum absolute atomic E-state index is 0.249. The molecule has 1 aliphatic heterocycles. The zero-order chi connectivity index (χ0) is 22.0. The van der Waals surface area contributed by atoms with Crippen LogP contribution in [0.4, 0.5) is 10.1 Å². The van der Waals surface area contributed by atoms with E-state index >= 15 is 0 Å². The van der Waals surface area contributed by atoms with Gasteiger partial charge in [-0.1, -0.05) is 60.5 Å². The highest BCUT2D eigenvalue weighted by Crippen LogP contribution is 2.41. The SMILES string of the molecule is CCCCCSc1nc([O-])c2[n+](n1)C(c1ccccc1F)N(C(C)=O)c1ccccc1-2. The molecule has 0 N–H and O–H groups in total. The molecule has 6 nitrogen and oxygen atoms in total. The second-order valence-corrected chi connectivity index (χ2v) is 8.41. The van der Waals surface area contributed by atoms with Gasteiger partial charge >= 0.3 is 0 Å². The number of rotatable bonds is 6. The van der Waals surface area contributed by atoms with E-state index in [0.717, 1.165) is 25.0 Å². The molecule has 1 unspecified atom stereocenters. The van der Waals surface area contributed by atoms with Gasteiger partial charge in [0.15, 0.2) is 0 Å². The summed E-state index contributed by atoms with van der Waals surface area (Å²) in [4.78, 5) is 18.4. The van der Waals surface area contributed by atoms with Crippen LogP contribution in [0.5, 0.6) is 5.88 Å². The van der Waals surface area contributed by atoms with E-state index in [-0.39, 0.29) is 17.2 Å². The number of amides is 1. The molecule has 31 heavy (non-hydrogen) atoms. The zero-order valence-electron chi connectivity index (χ0n) is 17.4. The van der Waals surface area contributed by atoms with Gasteiger partial charge in [0.25, 0.3) is 17.0 Å². The molecule has 2 aromatic carbocycles. The number of halogens is 1. The van der Waals surface area contributed by atoms with Gasteiger partial charge in [-0.05, 0) is 30.7 Å². The van der Waals surface area contributed by atoms with Gasteiger partial charge in [0.1, 0.15) is 5.82 Å². The van der Waals surface area contributed by atoms with Gasteiger partial charge in [-0.15, -0.1) is 0 Å². The number of anilines is 1. The van der Waals surface area contributed by atoms with Crippen LogP contribution in [-0.4, -0.2) is 21.7 Å². The first kappa shape index (κ1) is 21.2. The summed E-state index contributed by atoms with van der Waals surface area (Å²) < 4.78 is 16.3. The molecule has 0 aliphatic carbocycles. The molecule has 8 heteroatoms. The molecule has 1 aromatic heterocycles. The fourth-order valence-corrected chi connectivity index (χ4v) is 4.64. The number of unbranched alkanes of at least 4 members (excludes halogenated alkanes) is 2. The Labute approximate surface area is 184 Å². The van der Waals surface area contributed by atoms with Crippen molar-refractivity contribution in [3.63, 3.8) is 0 Å². The highest BCUT2D eigenvalue weighted by Gasteiger charge is 2.44. The summed E-state index contributed by atoms with van der Waals surface area (Å²) in [6.07, 6.45) is 2.24. The van der Waals surface area contributed by atoms with Crippen molar-refractivity contribution in [3.05, 3.63) is 59.9 Å². The van der Waals surface area contributed by atoms with Crippen molar-refractivity contribution in [3.8, 4) is 17.1 Å². The molecule has 0 spiro atoms. The average molecular weight is 439 g/mol. The van der Waals surface area contributed by atoms with Crippen LogP contribution >= 0.6 is 11.8 Å². The third-order valence-corrected chi connectivity index (χ3v) is 6.14. The van der Waals surface area contributed by atoms with Crippen LogP contribution in [0.25, 0.3) is 11.3 Å². The number of thioether (sulfide) groups is 1. The maximum atomic E-state index is 14.9. The van der Waals surface area contributed by atoms with Gasteiger partial charge in [0.05, 0.1) is 22.7 Å². The molecule has 2 heterocycles. The molecule has 0 saturated carbocycles. The summed E-state index contributed by atoms with van der Waals surface area (Å²) in [5.74, 6) is -0.406. The molecule has 0 bridgehead atoms. The predicted octanol–water partition coefficient (Wildman–Crippen LogP) is 3.84. The van der Waals surface area contributed by atoms with E-state index in [2.05, 4.69) is 17.0 Å². The number of hydrogen-bond donors (Lipinski definition) is 0. The Kier molecular flexibility index (Phi) is 6.18. The number of benzene rings is 2. The minimum atomic E-state index is -0.922. The largest absolute Gasteiger partial charge is 0.854 e. The van der Waals surface area contributed by atoms with Gasteiger partial charge in [0.2, 0.25) is 5.91 Å². The van der Waals surface area contributed by atoms with Crippen molar-refractivity contribution >= 4 is 23.4 Å². The zero-order valence-corrected chi connectivity index (χ0v) is 18.2. The normalized spacial score (nSPS) is 14.8. The molecule has 0 fully saturated rings. The fraction of sp³-hybridized carbons (Fsp3) is 0.304. The molecular weight excluding hydrogens is 415 g/mol. The van der Waals surface area contributed by atoms with E-state index in [1.54, 1.807) is 42.5 Å². The van der Waals surface area contributed by atoms with Crippen molar-refractivity contribution < 1.29 is 19.0 Å². The maximum Gasteiger partial charge on any atom is 0.295 e. The van der Waals surface area contributed by atoms with Crippen molar-refractivity contribution in [1.82, 2.24) is 10.1 Å². The van der Waals surface area contributed by atoms with E-state index in [1.165, 1.54) is 34.3 Å². The Morgan fingerprint density at radius 3 is 2.68 bits per heavy atom. The van der Waals surface area contributed by atoms with Crippen molar-refractivity contribution in [1.29, 1.82) is 0 Å². The molecular formula is C23H23FN4O2S. The van der Waals surface area contributed by atoms with E-state index < -0.39 is 17.9 Å². The number of fused-ring (bicyclic) bond motifs is 3. The predicted molar refractivity (Wildman–Crippen MR) is 115 cm³/mol. The quantitative estimate of drug-likeness (QED) is 0.332. The van der Waals surface area contributed by atoms with Crippen molar-refractivity contribution in [2.75, 3.05) is 10.7 Å². The number of hydrogen-bond acceptors (Lipinski definition) is 5. The van der Waals surface area contributed by atoms with E-state index in [1.807, 2.05) is 0 Å².